The summed E-state index contributed by atoms with van der Waals surface area (Å²) in [6, 6.07) is 0. The summed E-state index contributed by atoms with van der Waals surface area (Å²) in [6.07, 6.45) is 2.85. The fraction of sp³-hybridized carbons (Fsp3) is 0.778. The van der Waals surface area contributed by atoms with Gasteiger partial charge in [0.1, 0.15) is 0 Å². The van der Waals surface area contributed by atoms with Crippen LogP contribution in [-0.2, 0) is 0 Å². The van der Waals surface area contributed by atoms with Crippen molar-refractivity contribution in [3.8, 4) is 0 Å². The molecule has 1 aliphatic heterocycles. The van der Waals surface area contributed by atoms with E-state index < -0.39 is 0 Å². The largest absolute Gasteiger partial charge is 0.379 e. The van der Waals surface area contributed by atoms with Crippen molar-refractivity contribution < 1.29 is 0 Å². The maximum atomic E-state index is 5.16. The third-order valence-electron chi connectivity index (χ3n) is 1.92. The molecule has 0 saturated carbocycles. The fourth-order valence-electron chi connectivity index (χ4n) is 1.10. The van der Waals surface area contributed by atoms with Crippen LogP contribution < -0.4 is 5.32 Å². The first-order valence-electron chi connectivity index (χ1n) is 4.45. The summed E-state index contributed by atoms with van der Waals surface area (Å²) in [4.78, 5) is 2.49. The second-order valence-corrected chi connectivity index (χ2v) is 3.25. The predicted molar refractivity (Wildman–Crippen MR) is 55.4 cm³/mol. The topological polar surface area (TPSA) is 15.3 Å². The van der Waals surface area contributed by atoms with Gasteiger partial charge >= 0.3 is 0 Å². The first kappa shape index (κ1) is 11.8. The molecule has 0 bridgehead atoms. The number of hydrogen-bond acceptors (Lipinski definition) is 2. The molecule has 0 aliphatic carbocycles. The molecule has 0 atom stereocenters. The van der Waals surface area contributed by atoms with E-state index in [2.05, 4.69) is 23.7 Å². The van der Waals surface area contributed by atoms with Gasteiger partial charge < -0.3 is 10.2 Å². The van der Waals surface area contributed by atoms with Crippen LogP contribution in [0.5, 0.6) is 0 Å². The second-order valence-electron chi connectivity index (χ2n) is 2.80. The maximum Gasteiger partial charge on any atom is 0.0942 e. The number of halogens is 1. The maximum absolute atomic E-state index is 5.16. The van der Waals surface area contributed by atoms with E-state index in [0.717, 1.165) is 0 Å². The Balaban J connectivity index is 0.000000217. The minimum Gasteiger partial charge on any atom is -0.379 e. The van der Waals surface area contributed by atoms with Gasteiger partial charge in [-0.3, -0.25) is 0 Å². The highest BCUT2D eigenvalue weighted by atomic mass is 35.5. The first-order chi connectivity index (χ1) is 5.70. The normalized spacial score (nSPS) is 16.6. The Hall–Kier alpha value is -0.210. The van der Waals surface area contributed by atoms with Crippen LogP contribution in [-0.4, -0.2) is 31.6 Å². The van der Waals surface area contributed by atoms with E-state index in [1.54, 1.807) is 7.05 Å². The summed E-state index contributed by atoms with van der Waals surface area (Å²) in [6.45, 7) is 9.49. The zero-order valence-electron chi connectivity index (χ0n) is 8.07. The number of likely N-dealkylation sites (tertiary alicyclic amines) is 1. The number of nitrogens with one attached hydrogen (secondary N) is 1. The summed E-state index contributed by atoms with van der Waals surface area (Å²) in [5.41, 5.74) is 0. The van der Waals surface area contributed by atoms with E-state index in [9.17, 15) is 0 Å². The standard InChI is InChI=1S/C6H13N.C3H6ClN/c1-2-7-5-3-4-6-7;1-3(4)5-2/h2-6H2,1H3;5H,1H2,2H3. The molecule has 3 heteroatoms. The Bertz CT molecular complexity index is 120. The lowest BCUT2D eigenvalue weighted by atomic mass is 10.4. The summed E-state index contributed by atoms with van der Waals surface area (Å²) in [5.74, 6) is 0. The summed E-state index contributed by atoms with van der Waals surface area (Å²) in [7, 11) is 1.72. The molecule has 1 N–H and O–H groups in total. The second kappa shape index (κ2) is 7.44. The monoisotopic (exact) mass is 190 g/mol. The molecular formula is C9H19ClN2. The highest BCUT2D eigenvalue weighted by molar-refractivity contribution is 6.28. The highest BCUT2D eigenvalue weighted by Crippen LogP contribution is 2.04. The van der Waals surface area contributed by atoms with Crippen molar-refractivity contribution in [1.82, 2.24) is 10.2 Å². The Morgan fingerprint density at radius 1 is 1.50 bits per heavy atom. The van der Waals surface area contributed by atoms with Crippen molar-refractivity contribution >= 4 is 11.6 Å². The van der Waals surface area contributed by atoms with Gasteiger partial charge in [0.05, 0.1) is 5.16 Å². The number of rotatable bonds is 2. The van der Waals surface area contributed by atoms with Crippen LogP contribution in [0.25, 0.3) is 0 Å². The zero-order valence-corrected chi connectivity index (χ0v) is 8.82. The average Bonchev–Trinajstić information content (AvgIpc) is 2.57. The molecule has 0 aromatic rings. The lowest BCUT2D eigenvalue weighted by Gasteiger charge is -2.08. The average molecular weight is 191 g/mol. The van der Waals surface area contributed by atoms with Gasteiger partial charge in [0.15, 0.2) is 0 Å². The molecule has 1 aliphatic rings. The van der Waals surface area contributed by atoms with Gasteiger partial charge in [-0.1, -0.05) is 25.1 Å². The molecule has 1 heterocycles. The fourth-order valence-corrected chi connectivity index (χ4v) is 1.10. The van der Waals surface area contributed by atoms with E-state index >= 15 is 0 Å². The van der Waals surface area contributed by atoms with E-state index in [0.29, 0.717) is 5.16 Å². The van der Waals surface area contributed by atoms with Gasteiger partial charge in [0, 0.05) is 7.05 Å². The summed E-state index contributed by atoms with van der Waals surface area (Å²) in [5, 5.41) is 3.08. The molecule has 0 unspecified atom stereocenters. The van der Waals surface area contributed by atoms with Crippen molar-refractivity contribution in [2.24, 2.45) is 0 Å². The predicted octanol–water partition coefficient (Wildman–Crippen LogP) is 2.02. The van der Waals surface area contributed by atoms with E-state index in [1.165, 1.54) is 32.5 Å². The van der Waals surface area contributed by atoms with E-state index in [4.69, 9.17) is 11.6 Å². The third kappa shape index (κ3) is 6.50. The van der Waals surface area contributed by atoms with Crippen LogP contribution in [0.1, 0.15) is 19.8 Å². The Labute approximate surface area is 80.6 Å². The molecule has 0 radical (unpaired) electrons. The van der Waals surface area contributed by atoms with Crippen LogP contribution in [0.4, 0.5) is 0 Å². The van der Waals surface area contributed by atoms with Gasteiger partial charge in [0.2, 0.25) is 0 Å². The van der Waals surface area contributed by atoms with E-state index in [-0.39, 0.29) is 0 Å². The van der Waals surface area contributed by atoms with Crippen molar-refractivity contribution in [2.45, 2.75) is 19.8 Å². The quantitative estimate of drug-likeness (QED) is 0.671. The molecule has 12 heavy (non-hydrogen) atoms. The van der Waals surface area contributed by atoms with Crippen molar-refractivity contribution in [2.75, 3.05) is 26.7 Å². The lowest BCUT2D eigenvalue weighted by Crippen LogP contribution is -2.17. The van der Waals surface area contributed by atoms with Crippen LogP contribution >= 0.6 is 11.6 Å². The zero-order chi connectivity index (χ0) is 9.40. The lowest BCUT2D eigenvalue weighted by molar-refractivity contribution is 0.359. The molecular weight excluding hydrogens is 172 g/mol. The molecule has 72 valence electrons. The first-order valence-corrected chi connectivity index (χ1v) is 4.83. The third-order valence-corrected chi connectivity index (χ3v) is 2.11. The molecule has 0 aromatic heterocycles. The van der Waals surface area contributed by atoms with Crippen LogP contribution in [0, 0.1) is 0 Å². The molecule has 0 aromatic carbocycles. The van der Waals surface area contributed by atoms with Gasteiger partial charge in [-0.25, -0.2) is 0 Å². The van der Waals surface area contributed by atoms with Gasteiger partial charge in [-0.05, 0) is 32.5 Å². The molecule has 0 spiro atoms. The Morgan fingerprint density at radius 2 is 1.92 bits per heavy atom. The van der Waals surface area contributed by atoms with Crippen LogP contribution in [0.3, 0.4) is 0 Å². The Morgan fingerprint density at radius 3 is 2.08 bits per heavy atom. The number of hydrogen-bond donors (Lipinski definition) is 1. The smallest absolute Gasteiger partial charge is 0.0942 e. The van der Waals surface area contributed by atoms with Crippen LogP contribution in [0.2, 0.25) is 0 Å². The minimum absolute atomic E-state index is 0.477. The van der Waals surface area contributed by atoms with Crippen molar-refractivity contribution in [3.63, 3.8) is 0 Å². The summed E-state index contributed by atoms with van der Waals surface area (Å²) >= 11 is 5.16. The highest BCUT2D eigenvalue weighted by Gasteiger charge is 2.06. The number of nitrogens with zero attached hydrogens (tertiary/aromatic N) is 1. The molecule has 2 nitrogen and oxygen atoms in total. The van der Waals surface area contributed by atoms with Gasteiger partial charge in [-0.2, -0.15) is 0 Å². The van der Waals surface area contributed by atoms with Crippen LogP contribution in [0.15, 0.2) is 11.7 Å². The summed E-state index contributed by atoms with van der Waals surface area (Å²) < 4.78 is 0. The molecule has 1 saturated heterocycles. The van der Waals surface area contributed by atoms with E-state index in [1.807, 2.05) is 0 Å². The Kier molecular flexibility index (Phi) is 7.31. The molecule has 0 amide bonds. The van der Waals surface area contributed by atoms with Crippen molar-refractivity contribution in [1.29, 1.82) is 0 Å². The molecule has 1 fully saturated rings. The molecule has 1 rings (SSSR count). The van der Waals surface area contributed by atoms with Gasteiger partial charge in [-0.15, -0.1) is 0 Å². The SMILES string of the molecule is C=C(Cl)NC.CCN1CCCC1. The minimum atomic E-state index is 0.477. The van der Waals surface area contributed by atoms with Gasteiger partial charge in [0.25, 0.3) is 0 Å². The van der Waals surface area contributed by atoms with Crippen molar-refractivity contribution in [3.05, 3.63) is 11.7 Å².